The number of rotatable bonds is 5. The van der Waals surface area contributed by atoms with Gasteiger partial charge in [0.05, 0.1) is 4.92 Å². The maximum absolute atomic E-state index is 11.2. The highest BCUT2D eigenvalue weighted by Gasteiger charge is 2.20. The average Bonchev–Trinajstić information content (AvgIpc) is 2.33. The summed E-state index contributed by atoms with van der Waals surface area (Å²) in [4.78, 5) is 30.0. The van der Waals surface area contributed by atoms with Crippen LogP contribution in [-0.2, 0) is 0 Å². The van der Waals surface area contributed by atoms with Crippen LogP contribution >= 0.6 is 11.6 Å². The second-order valence-corrected chi connectivity index (χ2v) is 4.03. The van der Waals surface area contributed by atoms with Gasteiger partial charge in [0, 0.05) is 27.2 Å². The Morgan fingerprint density at radius 2 is 2.16 bits per heavy atom. The molecule has 2 amide bonds. The number of carbonyl (C=O) groups is 1. The molecule has 1 aromatic rings. The molecule has 0 spiro atoms. The lowest BCUT2D eigenvalue weighted by Crippen LogP contribution is -2.37. The normalized spacial score (nSPS) is 9.84. The number of hydrogen-bond donors (Lipinski definition) is 2. The van der Waals surface area contributed by atoms with Crippen molar-refractivity contribution < 1.29 is 9.72 Å². The molecule has 0 bridgehead atoms. The van der Waals surface area contributed by atoms with Gasteiger partial charge in [0.15, 0.2) is 0 Å². The van der Waals surface area contributed by atoms with Gasteiger partial charge in [0.2, 0.25) is 11.0 Å². The summed E-state index contributed by atoms with van der Waals surface area (Å²) in [5, 5.41) is 15.9. The van der Waals surface area contributed by atoms with E-state index in [2.05, 4.69) is 20.6 Å². The molecule has 0 aliphatic rings. The highest BCUT2D eigenvalue weighted by atomic mass is 35.5. The van der Waals surface area contributed by atoms with Crippen molar-refractivity contribution in [3.8, 4) is 0 Å². The quantitative estimate of drug-likeness (QED) is 0.357. The van der Waals surface area contributed by atoms with E-state index in [0.29, 0.717) is 0 Å². The summed E-state index contributed by atoms with van der Waals surface area (Å²) >= 11 is 5.62. The van der Waals surface area contributed by atoms with Crippen molar-refractivity contribution in [1.82, 2.24) is 20.2 Å². The first-order chi connectivity index (χ1) is 8.93. The van der Waals surface area contributed by atoms with Gasteiger partial charge in [-0.3, -0.25) is 10.1 Å². The number of anilines is 1. The number of urea groups is 1. The topological polar surface area (TPSA) is 113 Å². The van der Waals surface area contributed by atoms with Gasteiger partial charge in [-0.1, -0.05) is 11.6 Å². The number of nitrogens with zero attached hydrogens (tertiary/aromatic N) is 4. The van der Waals surface area contributed by atoms with Crippen LogP contribution in [0.25, 0.3) is 0 Å². The van der Waals surface area contributed by atoms with E-state index in [1.54, 1.807) is 14.1 Å². The molecule has 0 aromatic carbocycles. The first-order valence-electron chi connectivity index (χ1n) is 5.27. The van der Waals surface area contributed by atoms with Crippen molar-refractivity contribution in [2.45, 2.75) is 0 Å². The van der Waals surface area contributed by atoms with E-state index in [-0.39, 0.29) is 35.8 Å². The Kier molecular flexibility index (Phi) is 5.24. The molecule has 1 heterocycles. The maximum Gasteiger partial charge on any atom is 0.348 e. The molecule has 0 aliphatic carbocycles. The summed E-state index contributed by atoms with van der Waals surface area (Å²) in [5.41, 5.74) is -0.386. The molecule has 0 fully saturated rings. The molecular weight excluding hydrogens is 276 g/mol. The summed E-state index contributed by atoms with van der Waals surface area (Å²) in [6.07, 6.45) is 1.12. The number of halogens is 1. The molecule has 0 saturated heterocycles. The van der Waals surface area contributed by atoms with E-state index in [0.717, 1.165) is 6.33 Å². The SMILES string of the molecule is CN(C)C(=O)NCCNc1ncnc(Cl)c1[N+](=O)[O-]. The minimum Gasteiger partial charge on any atom is -0.362 e. The van der Waals surface area contributed by atoms with Crippen LogP contribution in [0.3, 0.4) is 0 Å². The summed E-state index contributed by atoms with van der Waals surface area (Å²) in [6.45, 7) is 0.559. The van der Waals surface area contributed by atoms with Crippen molar-refractivity contribution in [3.63, 3.8) is 0 Å². The van der Waals surface area contributed by atoms with E-state index in [9.17, 15) is 14.9 Å². The smallest absolute Gasteiger partial charge is 0.348 e. The molecular formula is C9H13ClN6O3. The van der Waals surface area contributed by atoms with E-state index in [1.165, 1.54) is 4.90 Å². The predicted octanol–water partition coefficient (Wildman–Crippen LogP) is 0.721. The minimum absolute atomic E-state index is 0.0177. The van der Waals surface area contributed by atoms with Crippen molar-refractivity contribution in [3.05, 3.63) is 21.6 Å². The molecule has 1 rings (SSSR count). The van der Waals surface area contributed by atoms with E-state index in [4.69, 9.17) is 11.6 Å². The largest absolute Gasteiger partial charge is 0.362 e. The molecule has 19 heavy (non-hydrogen) atoms. The molecule has 0 radical (unpaired) electrons. The van der Waals surface area contributed by atoms with Gasteiger partial charge in [-0.05, 0) is 0 Å². The van der Waals surface area contributed by atoms with Crippen LogP contribution in [0.2, 0.25) is 5.15 Å². The molecule has 0 aliphatic heterocycles. The zero-order valence-electron chi connectivity index (χ0n) is 10.4. The van der Waals surface area contributed by atoms with E-state index in [1.807, 2.05) is 0 Å². The summed E-state index contributed by atoms with van der Waals surface area (Å²) < 4.78 is 0. The monoisotopic (exact) mass is 288 g/mol. The molecule has 0 atom stereocenters. The molecule has 9 nitrogen and oxygen atoms in total. The van der Waals surface area contributed by atoms with Gasteiger partial charge in [-0.2, -0.15) is 0 Å². The number of carbonyl (C=O) groups excluding carboxylic acids is 1. The fourth-order valence-electron chi connectivity index (χ4n) is 1.16. The number of amides is 2. The van der Waals surface area contributed by atoms with Crippen molar-refractivity contribution in [1.29, 1.82) is 0 Å². The Morgan fingerprint density at radius 3 is 2.74 bits per heavy atom. The van der Waals surface area contributed by atoms with Crippen LogP contribution < -0.4 is 10.6 Å². The predicted molar refractivity (Wildman–Crippen MR) is 69.3 cm³/mol. The van der Waals surface area contributed by atoms with Gasteiger partial charge in [-0.15, -0.1) is 0 Å². The Labute approximate surface area is 114 Å². The summed E-state index contributed by atoms with van der Waals surface area (Å²) in [7, 11) is 3.22. The third-order valence-corrected chi connectivity index (χ3v) is 2.34. The standard InChI is InChI=1S/C9H13ClN6O3/c1-15(2)9(17)12-4-3-11-8-6(16(18)19)7(10)13-5-14-8/h5H,3-4H2,1-2H3,(H,12,17)(H,11,13,14). The third kappa shape index (κ3) is 4.21. The molecule has 1 aromatic heterocycles. The fraction of sp³-hybridized carbons (Fsp3) is 0.444. The van der Waals surface area contributed by atoms with Crippen molar-refractivity contribution >= 4 is 29.1 Å². The average molecular weight is 289 g/mol. The summed E-state index contributed by atoms with van der Waals surface area (Å²) in [5.74, 6) is 0.0177. The Morgan fingerprint density at radius 1 is 1.47 bits per heavy atom. The molecule has 0 saturated carbocycles. The molecule has 104 valence electrons. The van der Waals surface area contributed by atoms with E-state index >= 15 is 0 Å². The van der Waals surface area contributed by atoms with Crippen LogP contribution in [0.1, 0.15) is 0 Å². The number of nitrogens with one attached hydrogen (secondary N) is 2. The van der Waals surface area contributed by atoms with Crippen LogP contribution in [0.5, 0.6) is 0 Å². The second kappa shape index (κ2) is 6.69. The zero-order chi connectivity index (χ0) is 14.4. The van der Waals surface area contributed by atoms with Gasteiger partial charge in [0.25, 0.3) is 0 Å². The highest BCUT2D eigenvalue weighted by molar-refractivity contribution is 6.31. The third-order valence-electron chi connectivity index (χ3n) is 2.06. The first kappa shape index (κ1) is 14.9. The van der Waals surface area contributed by atoms with Gasteiger partial charge >= 0.3 is 11.7 Å². The second-order valence-electron chi connectivity index (χ2n) is 3.67. The van der Waals surface area contributed by atoms with E-state index < -0.39 is 4.92 Å². The van der Waals surface area contributed by atoms with Crippen molar-refractivity contribution in [2.24, 2.45) is 0 Å². The molecule has 0 unspecified atom stereocenters. The van der Waals surface area contributed by atoms with Gasteiger partial charge in [-0.25, -0.2) is 14.8 Å². The van der Waals surface area contributed by atoms with Gasteiger partial charge in [0.1, 0.15) is 6.33 Å². The lowest BCUT2D eigenvalue weighted by molar-refractivity contribution is -0.384. The number of nitro groups is 1. The minimum atomic E-state index is -0.664. The first-order valence-corrected chi connectivity index (χ1v) is 5.65. The highest BCUT2D eigenvalue weighted by Crippen LogP contribution is 2.27. The fourth-order valence-corrected chi connectivity index (χ4v) is 1.36. The Bertz CT molecular complexity index is 481. The van der Waals surface area contributed by atoms with Crippen LogP contribution in [0, 0.1) is 10.1 Å². The van der Waals surface area contributed by atoms with Crippen LogP contribution in [0.4, 0.5) is 16.3 Å². The maximum atomic E-state index is 11.2. The lowest BCUT2D eigenvalue weighted by Gasteiger charge is -2.12. The Balaban J connectivity index is 2.57. The summed E-state index contributed by atoms with van der Waals surface area (Å²) in [6, 6.07) is -0.253. The number of hydrogen-bond acceptors (Lipinski definition) is 6. The lowest BCUT2D eigenvalue weighted by atomic mass is 10.4. The van der Waals surface area contributed by atoms with Crippen LogP contribution in [0.15, 0.2) is 6.33 Å². The molecule has 10 heteroatoms. The van der Waals surface area contributed by atoms with Crippen molar-refractivity contribution in [2.75, 3.05) is 32.5 Å². The Hall–Kier alpha value is -2.16. The molecule has 2 N–H and O–H groups in total. The van der Waals surface area contributed by atoms with Crippen LogP contribution in [-0.4, -0.2) is 53.0 Å². The van der Waals surface area contributed by atoms with Gasteiger partial charge < -0.3 is 15.5 Å². The zero-order valence-corrected chi connectivity index (χ0v) is 11.1. The number of aromatic nitrogens is 2.